The van der Waals surface area contributed by atoms with Gasteiger partial charge in [0.25, 0.3) is 0 Å². The summed E-state index contributed by atoms with van der Waals surface area (Å²) in [6, 6.07) is 14.1. The summed E-state index contributed by atoms with van der Waals surface area (Å²) in [5, 5.41) is 5.74. The van der Waals surface area contributed by atoms with E-state index in [0.29, 0.717) is 29.8 Å². The number of aryl methyl sites for hydroxylation is 1. The number of carbonyl (C=O) groups is 3. The Kier molecular flexibility index (Phi) is 6.93. The van der Waals surface area contributed by atoms with Crippen LogP contribution in [0.1, 0.15) is 22.3 Å². The van der Waals surface area contributed by atoms with E-state index in [1.54, 1.807) is 55.4 Å². The molecule has 0 unspecified atom stereocenters. The minimum atomic E-state index is -0.518. The predicted molar refractivity (Wildman–Crippen MR) is 106 cm³/mol. The van der Waals surface area contributed by atoms with Crippen LogP contribution in [0.25, 0.3) is 0 Å². The maximum atomic E-state index is 12.1. The van der Waals surface area contributed by atoms with E-state index >= 15 is 0 Å². The Labute approximate surface area is 158 Å². The molecule has 0 bridgehead atoms. The third-order valence-electron chi connectivity index (χ3n) is 3.96. The van der Waals surface area contributed by atoms with Crippen LogP contribution in [0, 0.1) is 0 Å². The van der Waals surface area contributed by atoms with Crippen molar-refractivity contribution in [2.75, 3.05) is 31.3 Å². The zero-order chi connectivity index (χ0) is 19.8. The number of anilines is 2. The van der Waals surface area contributed by atoms with Gasteiger partial charge in [0.1, 0.15) is 0 Å². The van der Waals surface area contributed by atoms with E-state index in [1.807, 2.05) is 12.1 Å². The van der Waals surface area contributed by atoms with Gasteiger partial charge in [-0.05, 0) is 42.3 Å². The van der Waals surface area contributed by atoms with Gasteiger partial charge < -0.3 is 21.3 Å². The van der Waals surface area contributed by atoms with Crippen molar-refractivity contribution < 1.29 is 14.4 Å². The van der Waals surface area contributed by atoms with Gasteiger partial charge in [0, 0.05) is 37.5 Å². The predicted octanol–water partition coefficient (Wildman–Crippen LogP) is 1.86. The molecule has 0 saturated heterocycles. The molecule has 0 aliphatic carbocycles. The molecule has 27 heavy (non-hydrogen) atoms. The molecular formula is C20H24N4O3. The summed E-state index contributed by atoms with van der Waals surface area (Å²) in [4.78, 5) is 36.4. The van der Waals surface area contributed by atoms with Crippen molar-refractivity contribution in [2.24, 2.45) is 5.73 Å². The van der Waals surface area contributed by atoms with E-state index in [1.165, 1.54) is 0 Å². The standard InChI is InChI=1S/C20H24N4O3/c1-24(2)19(26)11-8-14-6-9-16(10-7-14)23-18(25)13-22-17-5-3-4-15(12-17)20(21)27/h3-7,9-10,12,22H,8,11,13H2,1-2H3,(H2,21,27)(H,23,25). The van der Waals surface area contributed by atoms with Crippen LogP contribution in [0.5, 0.6) is 0 Å². The van der Waals surface area contributed by atoms with Gasteiger partial charge in [0.05, 0.1) is 6.54 Å². The molecule has 0 aromatic heterocycles. The second-order valence-electron chi connectivity index (χ2n) is 6.33. The van der Waals surface area contributed by atoms with Gasteiger partial charge in [-0.2, -0.15) is 0 Å². The molecule has 7 nitrogen and oxygen atoms in total. The number of nitrogens with one attached hydrogen (secondary N) is 2. The first-order valence-corrected chi connectivity index (χ1v) is 8.58. The second-order valence-corrected chi connectivity index (χ2v) is 6.33. The van der Waals surface area contributed by atoms with Crippen molar-refractivity contribution in [3.63, 3.8) is 0 Å². The average molecular weight is 368 g/mol. The van der Waals surface area contributed by atoms with Crippen LogP contribution in [0.4, 0.5) is 11.4 Å². The lowest BCUT2D eigenvalue weighted by atomic mass is 10.1. The number of nitrogens with two attached hydrogens (primary N) is 1. The largest absolute Gasteiger partial charge is 0.376 e. The molecule has 0 fully saturated rings. The lowest BCUT2D eigenvalue weighted by Crippen LogP contribution is -2.22. The fourth-order valence-electron chi connectivity index (χ4n) is 2.40. The Morgan fingerprint density at radius 3 is 2.33 bits per heavy atom. The monoisotopic (exact) mass is 368 g/mol. The fourth-order valence-corrected chi connectivity index (χ4v) is 2.40. The highest BCUT2D eigenvalue weighted by atomic mass is 16.2. The number of amides is 3. The van der Waals surface area contributed by atoms with Gasteiger partial charge >= 0.3 is 0 Å². The van der Waals surface area contributed by atoms with Crippen molar-refractivity contribution >= 4 is 29.1 Å². The van der Waals surface area contributed by atoms with Gasteiger partial charge in [-0.1, -0.05) is 18.2 Å². The summed E-state index contributed by atoms with van der Waals surface area (Å²) in [7, 11) is 3.47. The molecule has 0 radical (unpaired) electrons. The van der Waals surface area contributed by atoms with Crippen LogP contribution in [0.15, 0.2) is 48.5 Å². The Balaban J connectivity index is 1.82. The maximum Gasteiger partial charge on any atom is 0.248 e. The van der Waals surface area contributed by atoms with Gasteiger partial charge in [-0.3, -0.25) is 14.4 Å². The van der Waals surface area contributed by atoms with E-state index in [2.05, 4.69) is 10.6 Å². The molecule has 0 heterocycles. The Morgan fingerprint density at radius 1 is 1.00 bits per heavy atom. The highest BCUT2D eigenvalue weighted by molar-refractivity contribution is 5.95. The van der Waals surface area contributed by atoms with Gasteiger partial charge in [-0.15, -0.1) is 0 Å². The molecule has 0 atom stereocenters. The molecule has 2 rings (SSSR count). The number of rotatable bonds is 8. The van der Waals surface area contributed by atoms with Gasteiger partial charge in [-0.25, -0.2) is 0 Å². The molecular weight excluding hydrogens is 344 g/mol. The molecule has 2 aromatic carbocycles. The number of carbonyl (C=O) groups excluding carboxylic acids is 3. The average Bonchev–Trinajstić information content (AvgIpc) is 2.65. The minimum absolute atomic E-state index is 0.0568. The number of nitrogens with zero attached hydrogens (tertiary/aromatic N) is 1. The van der Waals surface area contributed by atoms with Gasteiger partial charge in [0.2, 0.25) is 17.7 Å². The smallest absolute Gasteiger partial charge is 0.248 e. The van der Waals surface area contributed by atoms with Crippen LogP contribution < -0.4 is 16.4 Å². The first-order valence-electron chi connectivity index (χ1n) is 8.58. The molecule has 142 valence electrons. The molecule has 7 heteroatoms. The molecule has 0 spiro atoms. The van der Waals surface area contributed by atoms with Crippen molar-refractivity contribution in [2.45, 2.75) is 12.8 Å². The highest BCUT2D eigenvalue weighted by Gasteiger charge is 2.06. The molecule has 2 aromatic rings. The van der Waals surface area contributed by atoms with E-state index in [-0.39, 0.29) is 18.4 Å². The van der Waals surface area contributed by atoms with Crippen molar-refractivity contribution in [3.05, 3.63) is 59.7 Å². The summed E-state index contributed by atoms with van der Waals surface area (Å²) < 4.78 is 0. The third kappa shape index (κ3) is 6.47. The fraction of sp³-hybridized carbons (Fsp3) is 0.250. The van der Waals surface area contributed by atoms with E-state index in [0.717, 1.165) is 5.56 Å². The normalized spacial score (nSPS) is 10.1. The number of benzene rings is 2. The van der Waals surface area contributed by atoms with Crippen molar-refractivity contribution in [1.29, 1.82) is 0 Å². The lowest BCUT2D eigenvalue weighted by Gasteiger charge is -2.11. The Hall–Kier alpha value is -3.35. The number of primary amides is 1. The van der Waals surface area contributed by atoms with Crippen LogP contribution in [0.3, 0.4) is 0 Å². The minimum Gasteiger partial charge on any atom is -0.376 e. The SMILES string of the molecule is CN(C)C(=O)CCc1ccc(NC(=O)CNc2cccc(C(N)=O)c2)cc1. The highest BCUT2D eigenvalue weighted by Crippen LogP contribution is 2.13. The first-order chi connectivity index (χ1) is 12.8. The quantitative estimate of drug-likeness (QED) is 0.661. The van der Waals surface area contributed by atoms with Gasteiger partial charge in [0.15, 0.2) is 0 Å². The Bertz CT molecular complexity index is 816. The number of hydrogen-bond donors (Lipinski definition) is 3. The third-order valence-corrected chi connectivity index (χ3v) is 3.96. The Morgan fingerprint density at radius 2 is 1.70 bits per heavy atom. The summed E-state index contributed by atoms with van der Waals surface area (Å²) in [6.07, 6.45) is 1.11. The topological polar surface area (TPSA) is 105 Å². The maximum absolute atomic E-state index is 12.1. The molecule has 4 N–H and O–H groups in total. The van der Waals surface area contributed by atoms with Crippen molar-refractivity contribution in [1.82, 2.24) is 4.90 Å². The zero-order valence-corrected chi connectivity index (χ0v) is 15.5. The van der Waals surface area contributed by atoms with Crippen LogP contribution in [-0.4, -0.2) is 43.3 Å². The van der Waals surface area contributed by atoms with Crippen LogP contribution in [0.2, 0.25) is 0 Å². The molecule has 0 aliphatic rings. The first kappa shape index (κ1) is 20.0. The summed E-state index contributed by atoms with van der Waals surface area (Å²) >= 11 is 0. The van der Waals surface area contributed by atoms with E-state index < -0.39 is 5.91 Å². The molecule has 0 aliphatic heterocycles. The van der Waals surface area contributed by atoms with Crippen molar-refractivity contribution in [3.8, 4) is 0 Å². The number of hydrogen-bond acceptors (Lipinski definition) is 4. The van der Waals surface area contributed by atoms with Crippen LogP contribution >= 0.6 is 0 Å². The molecule has 0 saturated carbocycles. The second kappa shape index (κ2) is 9.38. The summed E-state index contributed by atoms with van der Waals surface area (Å²) in [5.41, 5.74) is 7.97. The van der Waals surface area contributed by atoms with E-state index in [4.69, 9.17) is 5.73 Å². The summed E-state index contributed by atoms with van der Waals surface area (Å²) in [5.74, 6) is -0.649. The summed E-state index contributed by atoms with van der Waals surface area (Å²) in [6.45, 7) is 0.0568. The van der Waals surface area contributed by atoms with E-state index in [9.17, 15) is 14.4 Å². The van der Waals surface area contributed by atoms with Crippen LogP contribution in [-0.2, 0) is 16.0 Å². The zero-order valence-electron chi connectivity index (χ0n) is 15.5. The lowest BCUT2D eigenvalue weighted by molar-refractivity contribution is -0.128. The molecule has 3 amide bonds.